The molecule has 4 bridgehead atoms. The van der Waals surface area contributed by atoms with Gasteiger partial charge in [0.25, 0.3) is 0 Å². The highest BCUT2D eigenvalue weighted by atomic mass is 15.1. The standard InChI is InChI=1S/C66H57N/c1-44(2)58-23-14-24-62-64(58)59-34-33-57(40-63(59)66(62,53-19-8-4-9-20-53)54-21-10-5-11-22-54)67(56-31-27-52(28-32-56)65-41-45-35-46(42-65)37-47(36-45)43-65)55-29-25-49(26-30-55)61-39-51-18-13-12-17-50(51)38-60(61)48-15-6-3-7-16-48/h3-34,38-40,44-47H,35-37,41-43H2,1-2H3. The summed E-state index contributed by atoms with van der Waals surface area (Å²) in [6.45, 7) is 4.68. The van der Waals surface area contributed by atoms with Crippen LogP contribution in [0.15, 0.2) is 212 Å². The van der Waals surface area contributed by atoms with E-state index in [-0.39, 0.29) is 0 Å². The van der Waals surface area contributed by atoms with Gasteiger partial charge in [0.15, 0.2) is 0 Å². The Hall–Kier alpha value is -6.96. The fraction of sp³-hybridized carbons (Fsp3) is 0.212. The molecule has 67 heavy (non-hydrogen) atoms. The Morgan fingerprint density at radius 3 is 1.45 bits per heavy atom. The third kappa shape index (κ3) is 6.49. The molecule has 5 aliphatic rings. The van der Waals surface area contributed by atoms with E-state index < -0.39 is 5.41 Å². The average molecular weight is 864 g/mol. The second-order valence-electron chi connectivity index (χ2n) is 20.9. The maximum absolute atomic E-state index is 2.54. The maximum atomic E-state index is 2.54. The topological polar surface area (TPSA) is 3.24 Å². The van der Waals surface area contributed by atoms with E-state index in [4.69, 9.17) is 0 Å². The molecule has 5 aliphatic carbocycles. The van der Waals surface area contributed by atoms with Crippen molar-refractivity contribution >= 4 is 27.8 Å². The van der Waals surface area contributed by atoms with Gasteiger partial charge in [-0.25, -0.2) is 0 Å². The third-order valence-corrected chi connectivity index (χ3v) is 16.7. The van der Waals surface area contributed by atoms with Gasteiger partial charge in [0.2, 0.25) is 0 Å². The van der Waals surface area contributed by atoms with Gasteiger partial charge in [-0.3, -0.25) is 0 Å². The van der Waals surface area contributed by atoms with E-state index in [1.54, 1.807) is 5.56 Å². The number of benzene rings is 9. The summed E-state index contributed by atoms with van der Waals surface area (Å²) in [5.74, 6) is 3.10. The van der Waals surface area contributed by atoms with E-state index in [0.717, 1.165) is 23.4 Å². The lowest BCUT2D eigenvalue weighted by Crippen LogP contribution is -2.48. The van der Waals surface area contributed by atoms with E-state index in [9.17, 15) is 0 Å². The summed E-state index contributed by atoms with van der Waals surface area (Å²) in [6, 6.07) is 80.6. The van der Waals surface area contributed by atoms with Crippen molar-refractivity contribution in [3.8, 4) is 33.4 Å². The number of fused-ring (bicyclic) bond motifs is 4. The van der Waals surface area contributed by atoms with Crippen LogP contribution in [-0.2, 0) is 10.8 Å². The quantitative estimate of drug-likeness (QED) is 0.140. The van der Waals surface area contributed by atoms with Crippen molar-refractivity contribution in [3.05, 3.63) is 246 Å². The molecule has 14 rings (SSSR count). The first-order valence-corrected chi connectivity index (χ1v) is 24.9. The van der Waals surface area contributed by atoms with Crippen LogP contribution >= 0.6 is 0 Å². The smallest absolute Gasteiger partial charge is 0.0714 e. The van der Waals surface area contributed by atoms with Crippen LogP contribution in [0.5, 0.6) is 0 Å². The van der Waals surface area contributed by atoms with Gasteiger partial charge in [0, 0.05) is 17.1 Å². The molecule has 0 amide bonds. The van der Waals surface area contributed by atoms with Crippen molar-refractivity contribution in [1.82, 2.24) is 0 Å². The lowest BCUT2D eigenvalue weighted by atomic mass is 9.48. The van der Waals surface area contributed by atoms with Crippen LogP contribution in [0.4, 0.5) is 17.1 Å². The third-order valence-electron chi connectivity index (χ3n) is 16.7. The molecule has 4 fully saturated rings. The second-order valence-corrected chi connectivity index (χ2v) is 20.9. The first-order valence-electron chi connectivity index (χ1n) is 24.9. The molecular formula is C66H57N. The molecular weight excluding hydrogens is 807 g/mol. The predicted octanol–water partition coefficient (Wildman–Crippen LogP) is 17.6. The zero-order chi connectivity index (χ0) is 44.7. The molecule has 0 saturated heterocycles. The minimum Gasteiger partial charge on any atom is -0.310 e. The van der Waals surface area contributed by atoms with Gasteiger partial charge >= 0.3 is 0 Å². The predicted molar refractivity (Wildman–Crippen MR) is 281 cm³/mol. The van der Waals surface area contributed by atoms with Crippen LogP contribution in [-0.4, -0.2) is 0 Å². The van der Waals surface area contributed by atoms with Crippen molar-refractivity contribution in [2.24, 2.45) is 17.8 Å². The fourth-order valence-electron chi connectivity index (χ4n) is 14.2. The highest BCUT2D eigenvalue weighted by molar-refractivity contribution is 5.97. The molecule has 0 atom stereocenters. The molecule has 0 aliphatic heterocycles. The molecule has 1 nitrogen and oxygen atoms in total. The normalized spacial score (nSPS) is 20.8. The van der Waals surface area contributed by atoms with Gasteiger partial charge in [-0.2, -0.15) is 0 Å². The summed E-state index contributed by atoms with van der Waals surface area (Å²) >= 11 is 0. The maximum Gasteiger partial charge on any atom is 0.0714 e. The SMILES string of the molecule is CC(C)c1cccc2c1-c1ccc(N(c3ccc(-c4cc5ccccc5cc4-c4ccccc4)cc3)c3ccc(C45CC6CC(CC(C6)C4)C5)cc3)cc1C2(c1ccccc1)c1ccccc1. The highest BCUT2D eigenvalue weighted by Gasteiger charge is 2.52. The van der Waals surface area contributed by atoms with Crippen LogP contribution in [0.3, 0.4) is 0 Å². The summed E-state index contributed by atoms with van der Waals surface area (Å²) in [5.41, 5.74) is 19.2. The van der Waals surface area contributed by atoms with Crippen molar-refractivity contribution in [2.75, 3.05) is 4.90 Å². The monoisotopic (exact) mass is 863 g/mol. The Morgan fingerprint density at radius 2 is 0.896 bits per heavy atom. The minimum atomic E-state index is -0.504. The fourth-order valence-corrected chi connectivity index (χ4v) is 14.2. The van der Waals surface area contributed by atoms with E-state index in [0.29, 0.717) is 11.3 Å². The minimum absolute atomic E-state index is 0.342. The van der Waals surface area contributed by atoms with E-state index in [1.807, 2.05) is 0 Å². The second kappa shape index (κ2) is 15.8. The Morgan fingerprint density at radius 1 is 0.403 bits per heavy atom. The Bertz CT molecular complexity index is 3200. The van der Waals surface area contributed by atoms with Crippen molar-refractivity contribution < 1.29 is 0 Å². The summed E-state index contributed by atoms with van der Waals surface area (Å²) in [7, 11) is 0. The lowest BCUT2D eigenvalue weighted by molar-refractivity contribution is -0.00518. The summed E-state index contributed by atoms with van der Waals surface area (Å²) in [5, 5.41) is 2.51. The van der Waals surface area contributed by atoms with Crippen LogP contribution in [0.25, 0.3) is 44.2 Å². The summed E-state index contributed by atoms with van der Waals surface area (Å²) in [6.07, 6.45) is 8.49. The Balaban J connectivity index is 1.000. The van der Waals surface area contributed by atoms with Gasteiger partial charge < -0.3 is 4.90 Å². The molecule has 0 radical (unpaired) electrons. The van der Waals surface area contributed by atoms with Gasteiger partial charge in [-0.05, 0) is 194 Å². The van der Waals surface area contributed by atoms with Gasteiger partial charge in [0.1, 0.15) is 0 Å². The zero-order valence-corrected chi connectivity index (χ0v) is 38.7. The van der Waals surface area contributed by atoms with Crippen LogP contribution in [0, 0.1) is 17.8 Å². The molecule has 0 spiro atoms. The largest absolute Gasteiger partial charge is 0.310 e. The van der Waals surface area contributed by atoms with Crippen LogP contribution < -0.4 is 4.90 Å². The van der Waals surface area contributed by atoms with Crippen molar-refractivity contribution in [3.63, 3.8) is 0 Å². The number of anilines is 3. The first-order chi connectivity index (χ1) is 32.9. The highest BCUT2D eigenvalue weighted by Crippen LogP contribution is 2.62. The molecule has 0 N–H and O–H groups in total. The van der Waals surface area contributed by atoms with Crippen molar-refractivity contribution in [2.45, 2.75) is 69.1 Å². The van der Waals surface area contributed by atoms with Gasteiger partial charge in [-0.1, -0.05) is 178 Å². The molecule has 0 aromatic heterocycles. The number of nitrogens with zero attached hydrogens (tertiary/aromatic N) is 1. The molecule has 9 aromatic rings. The van der Waals surface area contributed by atoms with E-state index in [2.05, 4.69) is 231 Å². The molecule has 1 heteroatoms. The summed E-state index contributed by atoms with van der Waals surface area (Å²) in [4.78, 5) is 2.53. The van der Waals surface area contributed by atoms with Gasteiger partial charge in [-0.15, -0.1) is 0 Å². The van der Waals surface area contributed by atoms with Crippen molar-refractivity contribution in [1.29, 1.82) is 0 Å². The zero-order valence-electron chi connectivity index (χ0n) is 38.7. The summed E-state index contributed by atoms with van der Waals surface area (Å²) < 4.78 is 0. The van der Waals surface area contributed by atoms with E-state index in [1.165, 1.54) is 122 Å². The molecule has 0 heterocycles. The molecule has 326 valence electrons. The van der Waals surface area contributed by atoms with Crippen LogP contribution in [0.2, 0.25) is 0 Å². The molecule has 4 saturated carbocycles. The Kier molecular flexibility index (Phi) is 9.54. The molecule has 0 unspecified atom stereocenters. The number of rotatable bonds is 9. The lowest BCUT2D eigenvalue weighted by Gasteiger charge is -2.57. The average Bonchev–Trinajstić information content (AvgIpc) is 3.67. The molecule has 9 aromatic carbocycles. The number of hydrogen-bond acceptors (Lipinski definition) is 1. The number of hydrogen-bond donors (Lipinski definition) is 0. The van der Waals surface area contributed by atoms with Crippen LogP contribution in [0.1, 0.15) is 91.7 Å². The Labute approximate surface area is 396 Å². The van der Waals surface area contributed by atoms with E-state index >= 15 is 0 Å². The van der Waals surface area contributed by atoms with Gasteiger partial charge in [0.05, 0.1) is 5.41 Å². The first kappa shape index (κ1) is 40.3.